The zero-order valence-corrected chi connectivity index (χ0v) is 15.8. The van der Waals surface area contributed by atoms with Crippen LogP contribution in [-0.4, -0.2) is 0 Å². The zero-order chi connectivity index (χ0) is 19.0. The number of nitrogens with zero attached hydrogens (tertiary/aromatic N) is 2. The van der Waals surface area contributed by atoms with Gasteiger partial charge in [-0.05, 0) is 66.5 Å². The first-order valence-corrected chi connectivity index (χ1v) is 9.47. The van der Waals surface area contributed by atoms with Gasteiger partial charge in [0.1, 0.15) is 5.41 Å². The fraction of sp³-hybridized carbons (Fsp3) is 0.280. The number of benzene rings is 2. The molecule has 27 heavy (non-hydrogen) atoms. The molecular weight excluding hydrogens is 328 g/mol. The minimum atomic E-state index is -0.775. The summed E-state index contributed by atoms with van der Waals surface area (Å²) >= 11 is 0. The Hall–Kier alpha value is -3.10. The molecule has 2 heteroatoms. The summed E-state index contributed by atoms with van der Waals surface area (Å²) in [5.41, 5.74) is 8.91. The van der Waals surface area contributed by atoms with Crippen LogP contribution in [0, 0.1) is 28.1 Å². The highest BCUT2D eigenvalue weighted by Crippen LogP contribution is 2.56. The summed E-state index contributed by atoms with van der Waals surface area (Å²) in [6.45, 7) is 4.29. The van der Waals surface area contributed by atoms with Crippen LogP contribution >= 0.6 is 0 Å². The zero-order valence-electron chi connectivity index (χ0n) is 15.8. The van der Waals surface area contributed by atoms with Gasteiger partial charge in [0.2, 0.25) is 0 Å². The number of fused-ring (bicyclic) bond motifs is 2. The molecule has 2 aromatic carbocycles. The van der Waals surface area contributed by atoms with Gasteiger partial charge in [0, 0.05) is 6.42 Å². The molecule has 0 bridgehead atoms. The Balaban J connectivity index is 1.99. The van der Waals surface area contributed by atoms with E-state index in [1.807, 2.05) is 12.1 Å². The third kappa shape index (κ3) is 2.53. The van der Waals surface area contributed by atoms with Gasteiger partial charge in [-0.15, -0.1) is 0 Å². The molecule has 4 rings (SSSR count). The lowest BCUT2D eigenvalue weighted by molar-refractivity contribution is 0.623. The molecule has 0 radical (unpaired) electrons. The fourth-order valence-electron chi connectivity index (χ4n) is 5.02. The standard InChI is InChI=1S/C25H22N2/c1-17-14-19-8-3-5-10-21(19)23(17)25(16-27,12-7-13-26)24-18(2)15-20-9-4-6-11-22(20)24/h3-6,8-11H,7,12,14-15H2,1-2H3. The van der Waals surface area contributed by atoms with E-state index in [9.17, 15) is 10.5 Å². The minimum absolute atomic E-state index is 0.367. The summed E-state index contributed by atoms with van der Waals surface area (Å²) in [7, 11) is 0. The number of nitriles is 2. The van der Waals surface area contributed by atoms with Crippen molar-refractivity contribution < 1.29 is 0 Å². The highest BCUT2D eigenvalue weighted by molar-refractivity contribution is 5.96. The van der Waals surface area contributed by atoms with Gasteiger partial charge in [0.15, 0.2) is 0 Å². The molecule has 0 N–H and O–H groups in total. The Morgan fingerprint density at radius 3 is 1.74 bits per heavy atom. The van der Waals surface area contributed by atoms with Gasteiger partial charge >= 0.3 is 0 Å². The van der Waals surface area contributed by atoms with Crippen LogP contribution in [-0.2, 0) is 12.8 Å². The van der Waals surface area contributed by atoms with Gasteiger partial charge in [-0.3, -0.25) is 0 Å². The number of allylic oxidation sites excluding steroid dienone is 4. The van der Waals surface area contributed by atoms with Crippen LogP contribution in [0.2, 0.25) is 0 Å². The van der Waals surface area contributed by atoms with Crippen LogP contribution in [0.25, 0.3) is 11.1 Å². The summed E-state index contributed by atoms with van der Waals surface area (Å²) in [5, 5.41) is 19.9. The van der Waals surface area contributed by atoms with E-state index in [0.29, 0.717) is 12.8 Å². The lowest BCUT2D eigenvalue weighted by Gasteiger charge is -2.32. The van der Waals surface area contributed by atoms with E-state index in [2.05, 4.69) is 62.4 Å². The van der Waals surface area contributed by atoms with Crippen molar-refractivity contribution in [2.24, 2.45) is 5.41 Å². The van der Waals surface area contributed by atoms with Crippen molar-refractivity contribution in [2.75, 3.05) is 0 Å². The Labute approximate surface area is 161 Å². The van der Waals surface area contributed by atoms with Gasteiger partial charge in [-0.2, -0.15) is 10.5 Å². The molecule has 2 aliphatic carbocycles. The molecule has 0 atom stereocenters. The highest BCUT2D eigenvalue weighted by Gasteiger charge is 2.45. The average molecular weight is 350 g/mol. The lowest BCUT2D eigenvalue weighted by atomic mass is 9.67. The molecule has 2 aromatic rings. The van der Waals surface area contributed by atoms with Crippen molar-refractivity contribution >= 4 is 11.1 Å². The first-order valence-electron chi connectivity index (χ1n) is 9.47. The first-order chi connectivity index (χ1) is 13.1. The predicted octanol–water partition coefficient (Wildman–Crippen LogP) is 5.86. The number of hydrogen-bond acceptors (Lipinski definition) is 2. The van der Waals surface area contributed by atoms with Crippen molar-refractivity contribution in [3.8, 4) is 12.1 Å². The topological polar surface area (TPSA) is 47.6 Å². The van der Waals surface area contributed by atoms with Crippen molar-refractivity contribution in [2.45, 2.75) is 39.5 Å². The van der Waals surface area contributed by atoms with Gasteiger partial charge in [0.05, 0.1) is 12.1 Å². The smallest absolute Gasteiger partial charge is 0.109 e. The Kier molecular flexibility index (Phi) is 4.21. The van der Waals surface area contributed by atoms with E-state index < -0.39 is 5.41 Å². The van der Waals surface area contributed by atoms with E-state index in [-0.39, 0.29) is 0 Å². The minimum Gasteiger partial charge on any atom is -0.198 e. The fourth-order valence-corrected chi connectivity index (χ4v) is 5.02. The molecule has 0 saturated heterocycles. The van der Waals surface area contributed by atoms with E-state index in [1.54, 1.807) is 0 Å². The molecule has 0 amide bonds. The summed E-state index contributed by atoms with van der Waals surface area (Å²) in [4.78, 5) is 0. The maximum Gasteiger partial charge on any atom is 0.109 e. The molecule has 2 nitrogen and oxygen atoms in total. The van der Waals surface area contributed by atoms with E-state index in [0.717, 1.165) is 24.0 Å². The highest BCUT2D eigenvalue weighted by atomic mass is 14.5. The monoisotopic (exact) mass is 350 g/mol. The van der Waals surface area contributed by atoms with Crippen LogP contribution < -0.4 is 0 Å². The average Bonchev–Trinajstić information content (AvgIpc) is 3.20. The van der Waals surface area contributed by atoms with Gasteiger partial charge in [-0.25, -0.2) is 0 Å². The maximum absolute atomic E-state index is 10.6. The molecule has 0 unspecified atom stereocenters. The molecule has 0 aliphatic heterocycles. The third-order valence-electron chi connectivity index (χ3n) is 5.99. The van der Waals surface area contributed by atoms with E-state index in [4.69, 9.17) is 0 Å². The summed E-state index contributed by atoms with van der Waals surface area (Å²) < 4.78 is 0. The van der Waals surface area contributed by atoms with Crippen LogP contribution in [0.5, 0.6) is 0 Å². The van der Waals surface area contributed by atoms with E-state index >= 15 is 0 Å². The maximum atomic E-state index is 10.6. The second kappa shape index (κ2) is 6.57. The Morgan fingerprint density at radius 1 is 0.815 bits per heavy atom. The molecular formula is C25H22N2. The van der Waals surface area contributed by atoms with Gasteiger partial charge < -0.3 is 0 Å². The van der Waals surface area contributed by atoms with Crippen molar-refractivity contribution in [1.29, 1.82) is 10.5 Å². The molecule has 2 aliphatic rings. The van der Waals surface area contributed by atoms with Crippen LogP contribution in [0.15, 0.2) is 59.7 Å². The van der Waals surface area contributed by atoms with E-state index in [1.165, 1.54) is 33.4 Å². The van der Waals surface area contributed by atoms with Crippen molar-refractivity contribution in [3.05, 3.63) is 81.9 Å². The molecule has 0 fully saturated rings. The predicted molar refractivity (Wildman–Crippen MR) is 108 cm³/mol. The van der Waals surface area contributed by atoms with Crippen LogP contribution in [0.4, 0.5) is 0 Å². The summed E-state index contributed by atoms with van der Waals surface area (Å²) in [6.07, 6.45) is 2.67. The molecule has 0 saturated carbocycles. The second-order valence-corrected chi connectivity index (χ2v) is 7.65. The van der Waals surface area contributed by atoms with Crippen molar-refractivity contribution in [3.63, 3.8) is 0 Å². The molecule has 0 spiro atoms. The quantitative estimate of drug-likeness (QED) is 0.693. The first kappa shape index (κ1) is 17.3. The molecule has 132 valence electrons. The Bertz CT molecular complexity index is 1000. The Morgan fingerprint density at radius 2 is 1.30 bits per heavy atom. The normalized spacial score (nSPS) is 15.4. The number of rotatable bonds is 4. The van der Waals surface area contributed by atoms with Gasteiger partial charge in [0.25, 0.3) is 0 Å². The SMILES string of the molecule is CC1=C(C(C#N)(CCC#N)C2=C(C)Cc3ccccc32)c2ccccc2C1. The van der Waals surface area contributed by atoms with Gasteiger partial charge in [-0.1, -0.05) is 59.7 Å². The summed E-state index contributed by atoms with van der Waals surface area (Å²) in [5.74, 6) is 0. The lowest BCUT2D eigenvalue weighted by Crippen LogP contribution is -2.23. The largest absolute Gasteiger partial charge is 0.198 e. The van der Waals surface area contributed by atoms with Crippen LogP contribution in [0.3, 0.4) is 0 Å². The third-order valence-corrected chi connectivity index (χ3v) is 5.99. The molecule has 0 aromatic heterocycles. The second-order valence-electron chi connectivity index (χ2n) is 7.65. The van der Waals surface area contributed by atoms with Crippen molar-refractivity contribution in [1.82, 2.24) is 0 Å². The number of hydrogen-bond donors (Lipinski definition) is 0. The van der Waals surface area contributed by atoms with Crippen LogP contribution in [0.1, 0.15) is 48.9 Å². The molecule has 0 heterocycles. The summed E-state index contributed by atoms with van der Waals surface area (Å²) in [6, 6.07) is 21.8.